The molecule has 0 saturated carbocycles. The smallest absolute Gasteiger partial charge is 0.507 e. The lowest BCUT2D eigenvalue weighted by Crippen LogP contribution is -2.29. The maximum absolute atomic E-state index is 13.4. The average Bonchev–Trinajstić information content (AvgIpc) is 3.09. The van der Waals surface area contributed by atoms with Crippen LogP contribution in [0.3, 0.4) is 0 Å². The van der Waals surface area contributed by atoms with E-state index in [4.69, 9.17) is 4.74 Å². The van der Waals surface area contributed by atoms with Gasteiger partial charge in [0.15, 0.2) is 0 Å². The molecule has 10 heteroatoms. The summed E-state index contributed by atoms with van der Waals surface area (Å²) in [6.45, 7) is 0. The first kappa shape index (κ1) is 23.8. The molecular formula is C25H17F4NO5. The lowest BCUT2D eigenvalue weighted by Gasteiger charge is -2.25. The normalized spacial score (nSPS) is 17.5. The number of rotatable bonds is 5. The predicted molar refractivity (Wildman–Crippen MR) is 117 cm³/mol. The van der Waals surface area contributed by atoms with Crippen LogP contribution in [0.5, 0.6) is 11.5 Å². The Kier molecular flexibility index (Phi) is 6.21. The van der Waals surface area contributed by atoms with E-state index < -0.39 is 41.4 Å². The number of nitrogens with zero attached hydrogens (tertiary/aromatic N) is 1. The van der Waals surface area contributed by atoms with Crippen LogP contribution in [0.1, 0.15) is 17.2 Å². The number of anilines is 1. The zero-order valence-electron chi connectivity index (χ0n) is 18.0. The Hall–Kier alpha value is -4.34. The van der Waals surface area contributed by atoms with E-state index in [0.29, 0.717) is 11.3 Å². The zero-order chi connectivity index (χ0) is 25.3. The van der Waals surface area contributed by atoms with Crippen LogP contribution < -0.4 is 14.4 Å². The van der Waals surface area contributed by atoms with Gasteiger partial charge in [0.2, 0.25) is 0 Å². The fourth-order valence-corrected chi connectivity index (χ4v) is 3.77. The standard InChI is InChI=1S/C25H17F4NO5/c1-34-18-10-4-14(5-11-18)21-20(22(31)15-2-6-16(26)7-3-15)23(32)24(33)30(21)17-8-12-19(13-9-17)35-25(27,28)29/h2-13,21,31H,1H3/b22-20+. The van der Waals surface area contributed by atoms with Crippen LogP contribution in [0.4, 0.5) is 23.2 Å². The van der Waals surface area contributed by atoms with Crippen molar-refractivity contribution in [3.05, 3.63) is 95.3 Å². The second-order valence-corrected chi connectivity index (χ2v) is 7.49. The van der Waals surface area contributed by atoms with Gasteiger partial charge in [-0.05, 0) is 66.2 Å². The van der Waals surface area contributed by atoms with E-state index in [-0.39, 0.29) is 16.8 Å². The number of amides is 1. The summed E-state index contributed by atoms with van der Waals surface area (Å²) in [5.74, 6) is -3.11. The molecule has 0 aromatic heterocycles. The Bertz CT molecular complexity index is 1280. The lowest BCUT2D eigenvalue weighted by atomic mass is 9.95. The van der Waals surface area contributed by atoms with Gasteiger partial charge in [-0.2, -0.15) is 0 Å². The Morgan fingerprint density at radius 2 is 1.46 bits per heavy atom. The van der Waals surface area contributed by atoms with Crippen LogP contribution in [-0.4, -0.2) is 30.3 Å². The maximum atomic E-state index is 13.4. The summed E-state index contributed by atoms with van der Waals surface area (Å²) in [6.07, 6.45) is -4.90. The van der Waals surface area contributed by atoms with Gasteiger partial charge < -0.3 is 14.6 Å². The minimum atomic E-state index is -4.90. The highest BCUT2D eigenvalue weighted by Gasteiger charge is 2.47. The predicted octanol–water partition coefficient (Wildman–Crippen LogP) is 5.36. The number of ether oxygens (including phenoxy) is 2. The van der Waals surface area contributed by atoms with E-state index in [1.165, 1.54) is 31.4 Å². The van der Waals surface area contributed by atoms with Crippen molar-refractivity contribution in [2.24, 2.45) is 0 Å². The molecule has 1 atom stereocenters. The number of alkyl halides is 3. The maximum Gasteiger partial charge on any atom is 0.573 e. The van der Waals surface area contributed by atoms with Crippen LogP contribution in [0.25, 0.3) is 5.76 Å². The molecule has 1 amide bonds. The average molecular weight is 487 g/mol. The number of benzene rings is 3. The summed E-state index contributed by atoms with van der Waals surface area (Å²) < 4.78 is 60.0. The number of aliphatic hydroxyl groups is 1. The lowest BCUT2D eigenvalue weighted by molar-refractivity contribution is -0.274. The number of hydrogen-bond acceptors (Lipinski definition) is 5. The van der Waals surface area contributed by atoms with Crippen molar-refractivity contribution in [1.29, 1.82) is 0 Å². The molecule has 3 aromatic rings. The summed E-state index contributed by atoms with van der Waals surface area (Å²) in [6, 6.07) is 14.3. The number of methoxy groups -OCH3 is 1. The van der Waals surface area contributed by atoms with Crippen molar-refractivity contribution >= 4 is 23.1 Å². The topological polar surface area (TPSA) is 76.1 Å². The van der Waals surface area contributed by atoms with Crippen molar-refractivity contribution in [3.63, 3.8) is 0 Å². The third-order valence-corrected chi connectivity index (χ3v) is 5.34. The van der Waals surface area contributed by atoms with E-state index in [9.17, 15) is 32.3 Å². The highest BCUT2D eigenvalue weighted by Crippen LogP contribution is 2.43. The SMILES string of the molecule is COc1ccc(C2/C(=C(\O)c3ccc(F)cc3)C(=O)C(=O)N2c2ccc(OC(F)(F)F)cc2)cc1. The molecule has 35 heavy (non-hydrogen) atoms. The molecule has 1 fully saturated rings. The van der Waals surface area contributed by atoms with Gasteiger partial charge in [0.25, 0.3) is 11.7 Å². The van der Waals surface area contributed by atoms with E-state index in [0.717, 1.165) is 29.2 Å². The van der Waals surface area contributed by atoms with Gasteiger partial charge in [-0.15, -0.1) is 13.2 Å². The molecule has 180 valence electrons. The number of Topliss-reactive ketones (excluding diaryl/α,β-unsaturated/α-hetero) is 1. The summed E-state index contributed by atoms with van der Waals surface area (Å²) >= 11 is 0. The van der Waals surface area contributed by atoms with Crippen molar-refractivity contribution in [1.82, 2.24) is 0 Å². The van der Waals surface area contributed by atoms with Gasteiger partial charge in [-0.1, -0.05) is 12.1 Å². The molecule has 1 saturated heterocycles. The minimum absolute atomic E-state index is 0.0978. The van der Waals surface area contributed by atoms with Crippen LogP contribution in [-0.2, 0) is 9.59 Å². The molecule has 1 heterocycles. The van der Waals surface area contributed by atoms with E-state index >= 15 is 0 Å². The van der Waals surface area contributed by atoms with Crippen LogP contribution in [0.2, 0.25) is 0 Å². The minimum Gasteiger partial charge on any atom is -0.507 e. The van der Waals surface area contributed by atoms with Crippen LogP contribution in [0, 0.1) is 5.82 Å². The van der Waals surface area contributed by atoms with Gasteiger partial charge in [0.05, 0.1) is 18.7 Å². The van der Waals surface area contributed by atoms with E-state index in [1.54, 1.807) is 24.3 Å². The number of halogens is 4. The van der Waals surface area contributed by atoms with Crippen molar-refractivity contribution < 1.29 is 41.7 Å². The molecule has 6 nitrogen and oxygen atoms in total. The van der Waals surface area contributed by atoms with Gasteiger partial charge in [0.1, 0.15) is 23.1 Å². The van der Waals surface area contributed by atoms with Gasteiger partial charge in [0, 0.05) is 11.3 Å². The third-order valence-electron chi connectivity index (χ3n) is 5.34. The second-order valence-electron chi connectivity index (χ2n) is 7.49. The molecule has 0 aliphatic carbocycles. The first-order valence-corrected chi connectivity index (χ1v) is 10.2. The number of ketones is 1. The molecular weight excluding hydrogens is 470 g/mol. The van der Waals surface area contributed by atoms with Gasteiger partial charge in [-0.25, -0.2) is 4.39 Å². The zero-order valence-corrected chi connectivity index (χ0v) is 18.0. The Labute approximate surface area is 196 Å². The molecule has 1 N–H and O–H groups in total. The monoisotopic (exact) mass is 487 g/mol. The Balaban J connectivity index is 1.84. The number of aliphatic hydroxyl groups excluding tert-OH is 1. The van der Waals surface area contributed by atoms with Crippen LogP contribution in [0.15, 0.2) is 78.4 Å². The Morgan fingerprint density at radius 1 is 0.886 bits per heavy atom. The number of hydrogen-bond donors (Lipinski definition) is 1. The quantitative estimate of drug-likeness (QED) is 0.227. The number of carbonyl (C=O) groups excluding carboxylic acids is 2. The second kappa shape index (κ2) is 9.13. The molecule has 0 spiro atoms. The molecule has 1 unspecified atom stereocenters. The van der Waals surface area contributed by atoms with Gasteiger partial charge in [-0.3, -0.25) is 14.5 Å². The third kappa shape index (κ3) is 4.81. The van der Waals surface area contributed by atoms with Gasteiger partial charge >= 0.3 is 6.36 Å². The van der Waals surface area contributed by atoms with Crippen molar-refractivity contribution in [3.8, 4) is 11.5 Å². The van der Waals surface area contributed by atoms with E-state index in [2.05, 4.69) is 4.74 Å². The molecule has 3 aromatic carbocycles. The van der Waals surface area contributed by atoms with Crippen LogP contribution >= 0.6 is 0 Å². The Morgan fingerprint density at radius 3 is 2.00 bits per heavy atom. The molecule has 0 bridgehead atoms. The largest absolute Gasteiger partial charge is 0.573 e. The van der Waals surface area contributed by atoms with Crippen molar-refractivity contribution in [2.45, 2.75) is 12.4 Å². The fraction of sp³-hybridized carbons (Fsp3) is 0.120. The molecule has 4 rings (SSSR count). The van der Waals surface area contributed by atoms with E-state index in [1.807, 2.05) is 0 Å². The first-order chi connectivity index (χ1) is 16.6. The summed E-state index contributed by atoms with van der Waals surface area (Å²) in [5.41, 5.74) is 0.365. The summed E-state index contributed by atoms with van der Waals surface area (Å²) in [4.78, 5) is 27.2. The fourth-order valence-electron chi connectivity index (χ4n) is 3.77. The molecule has 0 radical (unpaired) electrons. The summed E-state index contributed by atoms with van der Waals surface area (Å²) in [5, 5.41) is 11.0. The molecule has 1 aliphatic heterocycles. The molecule has 1 aliphatic rings. The highest BCUT2D eigenvalue weighted by atomic mass is 19.4. The summed E-state index contributed by atoms with van der Waals surface area (Å²) in [7, 11) is 1.46. The number of carbonyl (C=O) groups is 2. The highest BCUT2D eigenvalue weighted by molar-refractivity contribution is 6.51. The van der Waals surface area contributed by atoms with Crippen molar-refractivity contribution in [2.75, 3.05) is 12.0 Å². The first-order valence-electron chi connectivity index (χ1n) is 10.2.